The van der Waals surface area contributed by atoms with E-state index in [0.29, 0.717) is 16.9 Å². The number of benzene rings is 3. The average molecular weight is 445 g/mol. The zero-order valence-electron chi connectivity index (χ0n) is 18.0. The Kier molecular flexibility index (Phi) is 7.91. The van der Waals surface area contributed by atoms with Crippen LogP contribution in [-0.2, 0) is 20.7 Å². The Hall–Kier alpha value is -4.46. The van der Waals surface area contributed by atoms with Gasteiger partial charge in [0, 0.05) is 18.3 Å². The lowest BCUT2D eigenvalue weighted by Crippen LogP contribution is -2.22. The van der Waals surface area contributed by atoms with Crippen molar-refractivity contribution in [2.24, 2.45) is 0 Å². The number of amides is 3. The predicted molar refractivity (Wildman–Crippen MR) is 124 cm³/mol. The lowest BCUT2D eigenvalue weighted by atomic mass is 10.1. The minimum Gasteiger partial charge on any atom is -0.452 e. The maximum Gasteiger partial charge on any atom is 0.340 e. The van der Waals surface area contributed by atoms with E-state index in [2.05, 4.69) is 16.0 Å². The fourth-order valence-electron chi connectivity index (χ4n) is 3.00. The van der Waals surface area contributed by atoms with E-state index in [1.807, 2.05) is 30.3 Å². The quantitative estimate of drug-likeness (QED) is 0.461. The fraction of sp³-hybridized carbons (Fsp3) is 0.120. The highest BCUT2D eigenvalue weighted by atomic mass is 16.5. The predicted octanol–water partition coefficient (Wildman–Crippen LogP) is 3.02. The molecule has 3 aromatic rings. The van der Waals surface area contributed by atoms with Crippen molar-refractivity contribution in [3.05, 3.63) is 95.6 Å². The highest BCUT2D eigenvalue weighted by molar-refractivity contribution is 6.03. The first-order valence-corrected chi connectivity index (χ1v) is 10.2. The van der Waals surface area contributed by atoms with Gasteiger partial charge in [0.2, 0.25) is 5.91 Å². The maximum absolute atomic E-state index is 12.5. The first-order valence-electron chi connectivity index (χ1n) is 10.2. The van der Waals surface area contributed by atoms with Gasteiger partial charge in [-0.25, -0.2) is 4.79 Å². The van der Waals surface area contributed by atoms with E-state index in [1.54, 1.807) is 42.5 Å². The molecule has 168 valence electrons. The van der Waals surface area contributed by atoms with Crippen molar-refractivity contribution in [3.8, 4) is 0 Å². The monoisotopic (exact) mass is 445 g/mol. The van der Waals surface area contributed by atoms with Crippen LogP contribution < -0.4 is 16.0 Å². The van der Waals surface area contributed by atoms with Gasteiger partial charge in [-0.2, -0.15) is 0 Å². The van der Waals surface area contributed by atoms with E-state index >= 15 is 0 Å². The summed E-state index contributed by atoms with van der Waals surface area (Å²) >= 11 is 0. The number of nitrogens with one attached hydrogen (secondary N) is 3. The zero-order chi connectivity index (χ0) is 23.6. The maximum atomic E-state index is 12.5. The largest absolute Gasteiger partial charge is 0.452 e. The van der Waals surface area contributed by atoms with Gasteiger partial charge in [0.25, 0.3) is 11.8 Å². The summed E-state index contributed by atoms with van der Waals surface area (Å²) in [4.78, 5) is 48.6. The summed E-state index contributed by atoms with van der Waals surface area (Å²) in [6.07, 6.45) is 0.158. The number of carbonyl (C=O) groups is 4. The van der Waals surface area contributed by atoms with Gasteiger partial charge in [-0.05, 0) is 42.0 Å². The van der Waals surface area contributed by atoms with Crippen molar-refractivity contribution in [1.82, 2.24) is 5.32 Å². The molecule has 0 saturated carbocycles. The van der Waals surface area contributed by atoms with Gasteiger partial charge < -0.3 is 20.7 Å². The smallest absolute Gasteiger partial charge is 0.340 e. The van der Waals surface area contributed by atoms with Gasteiger partial charge >= 0.3 is 5.97 Å². The Morgan fingerprint density at radius 2 is 1.42 bits per heavy atom. The summed E-state index contributed by atoms with van der Waals surface area (Å²) in [7, 11) is 1.53. The van der Waals surface area contributed by atoms with E-state index < -0.39 is 18.5 Å². The Morgan fingerprint density at radius 1 is 0.758 bits per heavy atom. The van der Waals surface area contributed by atoms with Crippen molar-refractivity contribution >= 4 is 35.1 Å². The van der Waals surface area contributed by atoms with Crippen molar-refractivity contribution in [2.75, 3.05) is 24.3 Å². The second-order valence-electron chi connectivity index (χ2n) is 7.04. The molecule has 3 rings (SSSR count). The van der Waals surface area contributed by atoms with Crippen LogP contribution in [0.25, 0.3) is 0 Å². The second-order valence-corrected chi connectivity index (χ2v) is 7.04. The lowest BCUT2D eigenvalue weighted by molar-refractivity contribution is -0.119. The highest BCUT2D eigenvalue weighted by Gasteiger charge is 2.16. The molecule has 3 aromatic carbocycles. The molecule has 0 aliphatic heterocycles. The number of rotatable bonds is 8. The Balaban J connectivity index is 1.55. The van der Waals surface area contributed by atoms with E-state index in [1.165, 1.54) is 13.1 Å². The molecule has 0 heterocycles. The summed E-state index contributed by atoms with van der Waals surface area (Å²) in [6.45, 7) is -0.512. The number of esters is 1. The van der Waals surface area contributed by atoms with Crippen LogP contribution in [0, 0.1) is 0 Å². The average Bonchev–Trinajstić information content (AvgIpc) is 2.83. The molecule has 0 aromatic heterocycles. The molecule has 0 fully saturated rings. The van der Waals surface area contributed by atoms with Crippen molar-refractivity contribution in [3.63, 3.8) is 0 Å². The Morgan fingerprint density at radius 3 is 2.12 bits per heavy atom. The summed E-state index contributed by atoms with van der Waals surface area (Å²) < 4.78 is 5.12. The van der Waals surface area contributed by atoms with Crippen LogP contribution in [0.15, 0.2) is 78.9 Å². The van der Waals surface area contributed by atoms with E-state index in [9.17, 15) is 19.2 Å². The molecular formula is C25H23N3O5. The summed E-state index contributed by atoms with van der Waals surface area (Å²) in [5.41, 5.74) is 2.19. The van der Waals surface area contributed by atoms with E-state index in [4.69, 9.17) is 4.74 Å². The van der Waals surface area contributed by atoms with Gasteiger partial charge in [0.15, 0.2) is 6.61 Å². The van der Waals surface area contributed by atoms with Gasteiger partial charge in [0.05, 0.1) is 17.7 Å². The summed E-state index contributed by atoms with van der Waals surface area (Å²) in [5.74, 6) is -1.80. The summed E-state index contributed by atoms with van der Waals surface area (Å²) in [6, 6.07) is 21.9. The van der Waals surface area contributed by atoms with Gasteiger partial charge in [0.1, 0.15) is 0 Å². The van der Waals surface area contributed by atoms with Crippen molar-refractivity contribution in [2.45, 2.75) is 6.42 Å². The molecule has 0 radical (unpaired) electrons. The molecule has 0 aliphatic rings. The van der Waals surface area contributed by atoms with Crippen LogP contribution in [0.3, 0.4) is 0 Å². The third-order valence-corrected chi connectivity index (χ3v) is 4.62. The van der Waals surface area contributed by atoms with Crippen LogP contribution in [0.5, 0.6) is 0 Å². The minimum absolute atomic E-state index is 0.140. The Labute approximate surface area is 191 Å². The zero-order valence-corrected chi connectivity index (χ0v) is 18.0. The van der Waals surface area contributed by atoms with Crippen LogP contribution in [0.4, 0.5) is 11.4 Å². The van der Waals surface area contributed by atoms with Gasteiger partial charge in [-0.1, -0.05) is 42.5 Å². The summed E-state index contributed by atoms with van der Waals surface area (Å²) in [5, 5.41) is 7.81. The third-order valence-electron chi connectivity index (χ3n) is 4.62. The topological polar surface area (TPSA) is 114 Å². The van der Waals surface area contributed by atoms with Crippen molar-refractivity contribution < 1.29 is 23.9 Å². The minimum atomic E-state index is -0.740. The van der Waals surface area contributed by atoms with E-state index in [-0.39, 0.29) is 23.8 Å². The standard InChI is InChI=1S/C25H23N3O5/c1-26-24(31)18-11-13-19(14-12-18)27-23(30)16-33-25(32)20-9-5-6-10-21(20)28-22(29)15-17-7-3-2-4-8-17/h2-14H,15-16H2,1H3,(H,26,31)(H,27,30)(H,28,29). The van der Waals surface area contributed by atoms with Crippen LogP contribution in [0.1, 0.15) is 26.3 Å². The van der Waals surface area contributed by atoms with E-state index in [0.717, 1.165) is 5.56 Å². The highest BCUT2D eigenvalue weighted by Crippen LogP contribution is 2.17. The second kappa shape index (κ2) is 11.2. The normalized spacial score (nSPS) is 10.1. The molecule has 0 saturated heterocycles. The van der Waals surface area contributed by atoms with Crippen molar-refractivity contribution in [1.29, 1.82) is 0 Å². The molecule has 3 N–H and O–H groups in total. The first kappa shape index (κ1) is 23.2. The van der Waals surface area contributed by atoms with Crippen LogP contribution in [-0.4, -0.2) is 37.3 Å². The molecule has 33 heavy (non-hydrogen) atoms. The molecule has 3 amide bonds. The number of hydrogen-bond donors (Lipinski definition) is 3. The Bertz CT molecular complexity index is 1140. The molecule has 0 atom stereocenters. The molecule has 0 spiro atoms. The SMILES string of the molecule is CNC(=O)c1ccc(NC(=O)COC(=O)c2ccccc2NC(=O)Cc2ccccc2)cc1. The molecule has 0 aliphatic carbocycles. The number of anilines is 2. The third kappa shape index (κ3) is 6.76. The molecule has 8 nitrogen and oxygen atoms in total. The number of ether oxygens (including phenoxy) is 1. The molecule has 0 unspecified atom stereocenters. The van der Waals surface area contributed by atoms with Gasteiger partial charge in [-0.15, -0.1) is 0 Å². The first-order chi connectivity index (χ1) is 16.0. The van der Waals surface area contributed by atoms with Crippen LogP contribution >= 0.6 is 0 Å². The van der Waals surface area contributed by atoms with Crippen LogP contribution in [0.2, 0.25) is 0 Å². The molecule has 8 heteroatoms. The number of carbonyl (C=O) groups excluding carboxylic acids is 4. The molecule has 0 bridgehead atoms. The van der Waals surface area contributed by atoms with Gasteiger partial charge in [-0.3, -0.25) is 14.4 Å². The fourth-order valence-corrected chi connectivity index (χ4v) is 3.00. The number of para-hydroxylation sites is 1. The molecular weight excluding hydrogens is 422 g/mol. The lowest BCUT2D eigenvalue weighted by Gasteiger charge is -2.11. The number of hydrogen-bond acceptors (Lipinski definition) is 5.